The summed E-state index contributed by atoms with van der Waals surface area (Å²) in [5.41, 5.74) is 7.66. The van der Waals surface area contributed by atoms with E-state index in [0.717, 1.165) is 43.0 Å². The van der Waals surface area contributed by atoms with Crippen molar-refractivity contribution in [3.05, 3.63) is 5.69 Å². The molecular weight excluding hydrogens is 274 g/mol. The molecule has 2 atom stereocenters. The molecule has 1 aromatic heterocycles. The highest BCUT2D eigenvalue weighted by Crippen LogP contribution is 2.28. The summed E-state index contributed by atoms with van der Waals surface area (Å²) in [5.74, 6) is 2.79. The van der Waals surface area contributed by atoms with E-state index in [1.807, 2.05) is 20.1 Å². The SMILES string of the molecule is CCC=Nc1c(C)nc(N2CCCC(C)C(C)CC2)nc1N. The smallest absolute Gasteiger partial charge is 0.227 e. The Labute approximate surface area is 134 Å². The average molecular weight is 303 g/mol. The summed E-state index contributed by atoms with van der Waals surface area (Å²) in [4.78, 5) is 15.8. The lowest BCUT2D eigenvalue weighted by Gasteiger charge is -2.30. The minimum Gasteiger partial charge on any atom is -0.382 e. The molecule has 0 radical (unpaired) electrons. The van der Waals surface area contributed by atoms with Gasteiger partial charge < -0.3 is 10.6 Å². The van der Waals surface area contributed by atoms with Crippen molar-refractivity contribution < 1.29 is 0 Å². The Hall–Kier alpha value is -1.65. The number of hydrogen-bond donors (Lipinski definition) is 1. The van der Waals surface area contributed by atoms with E-state index in [2.05, 4.69) is 33.7 Å². The molecule has 1 aromatic rings. The molecule has 1 saturated heterocycles. The second kappa shape index (κ2) is 7.56. The van der Waals surface area contributed by atoms with Gasteiger partial charge in [-0.2, -0.15) is 4.98 Å². The first-order valence-electron chi connectivity index (χ1n) is 8.44. The van der Waals surface area contributed by atoms with Crippen LogP contribution < -0.4 is 10.6 Å². The van der Waals surface area contributed by atoms with Crippen LogP contribution in [0.15, 0.2) is 4.99 Å². The number of nitrogens with two attached hydrogens (primary N) is 1. The van der Waals surface area contributed by atoms with E-state index < -0.39 is 0 Å². The van der Waals surface area contributed by atoms with Crippen molar-refractivity contribution in [1.82, 2.24) is 9.97 Å². The van der Waals surface area contributed by atoms with Crippen LogP contribution in [0, 0.1) is 18.8 Å². The van der Waals surface area contributed by atoms with E-state index in [9.17, 15) is 0 Å². The molecule has 5 nitrogen and oxygen atoms in total. The molecule has 2 unspecified atom stereocenters. The lowest BCUT2D eigenvalue weighted by molar-refractivity contribution is 0.321. The molecule has 0 saturated carbocycles. The van der Waals surface area contributed by atoms with Gasteiger partial charge in [0.05, 0.1) is 5.69 Å². The van der Waals surface area contributed by atoms with Crippen LogP contribution in [-0.2, 0) is 0 Å². The Balaban J connectivity index is 2.19. The third kappa shape index (κ3) is 3.96. The summed E-state index contributed by atoms with van der Waals surface area (Å²) in [6.07, 6.45) is 6.36. The monoisotopic (exact) mass is 303 g/mol. The topological polar surface area (TPSA) is 67.4 Å². The van der Waals surface area contributed by atoms with Crippen molar-refractivity contribution in [2.75, 3.05) is 23.7 Å². The number of nitrogens with zero attached hydrogens (tertiary/aromatic N) is 4. The van der Waals surface area contributed by atoms with E-state index in [1.54, 1.807) is 0 Å². The fraction of sp³-hybridized carbons (Fsp3) is 0.706. The van der Waals surface area contributed by atoms with Crippen LogP contribution in [0.3, 0.4) is 0 Å². The van der Waals surface area contributed by atoms with Gasteiger partial charge in [0.15, 0.2) is 5.82 Å². The summed E-state index contributed by atoms with van der Waals surface area (Å²) < 4.78 is 0. The number of anilines is 2. The second-order valence-corrected chi connectivity index (χ2v) is 6.44. The molecule has 2 N–H and O–H groups in total. The first kappa shape index (κ1) is 16.7. The average Bonchev–Trinajstić information content (AvgIpc) is 2.47. The molecule has 0 aliphatic carbocycles. The van der Waals surface area contributed by atoms with Crippen molar-refractivity contribution in [3.63, 3.8) is 0 Å². The molecule has 0 bridgehead atoms. The number of aromatic nitrogens is 2. The maximum absolute atomic E-state index is 6.10. The van der Waals surface area contributed by atoms with Gasteiger partial charge in [0.1, 0.15) is 5.69 Å². The predicted octanol–water partition coefficient (Wildman–Crippen LogP) is 3.74. The molecule has 5 heteroatoms. The van der Waals surface area contributed by atoms with Crippen molar-refractivity contribution in [1.29, 1.82) is 0 Å². The van der Waals surface area contributed by atoms with Crippen LogP contribution >= 0.6 is 0 Å². The quantitative estimate of drug-likeness (QED) is 0.864. The minimum absolute atomic E-state index is 0.482. The molecule has 2 heterocycles. The van der Waals surface area contributed by atoms with E-state index in [-0.39, 0.29) is 0 Å². The zero-order valence-corrected chi connectivity index (χ0v) is 14.3. The van der Waals surface area contributed by atoms with Crippen LogP contribution in [0.2, 0.25) is 0 Å². The molecule has 0 aromatic carbocycles. The van der Waals surface area contributed by atoms with Gasteiger partial charge >= 0.3 is 0 Å². The molecular formula is C17H29N5. The summed E-state index contributed by atoms with van der Waals surface area (Å²) in [6.45, 7) is 10.7. The molecule has 2 rings (SSSR count). The van der Waals surface area contributed by atoms with Crippen LogP contribution in [0.4, 0.5) is 17.5 Å². The largest absolute Gasteiger partial charge is 0.382 e. The number of aliphatic imine (C=N–C) groups is 1. The van der Waals surface area contributed by atoms with Crippen LogP contribution in [0.25, 0.3) is 0 Å². The summed E-state index contributed by atoms with van der Waals surface area (Å²) in [7, 11) is 0. The minimum atomic E-state index is 0.482. The standard InChI is InChI=1S/C17H29N5/c1-5-9-19-15-14(4)20-17(21-16(15)18)22-10-6-7-12(2)13(3)8-11-22/h9,12-13H,5-8,10-11H2,1-4H3,(H2,18,20,21). The maximum Gasteiger partial charge on any atom is 0.227 e. The fourth-order valence-corrected chi connectivity index (χ4v) is 2.90. The van der Waals surface area contributed by atoms with Crippen LogP contribution in [0.1, 0.15) is 52.1 Å². The van der Waals surface area contributed by atoms with Crippen molar-refractivity contribution in [3.8, 4) is 0 Å². The number of aryl methyl sites for hydroxylation is 1. The summed E-state index contributed by atoms with van der Waals surface area (Å²) in [5, 5.41) is 0. The Morgan fingerprint density at radius 1 is 1.23 bits per heavy atom. The van der Waals surface area contributed by atoms with E-state index in [4.69, 9.17) is 5.73 Å². The van der Waals surface area contributed by atoms with Gasteiger partial charge in [-0.05, 0) is 44.4 Å². The predicted molar refractivity (Wildman–Crippen MR) is 94.0 cm³/mol. The van der Waals surface area contributed by atoms with Gasteiger partial charge in [-0.25, -0.2) is 4.98 Å². The van der Waals surface area contributed by atoms with Crippen molar-refractivity contribution in [2.24, 2.45) is 16.8 Å². The Bertz CT molecular complexity index is 503. The van der Waals surface area contributed by atoms with Gasteiger partial charge in [-0.3, -0.25) is 4.99 Å². The zero-order valence-electron chi connectivity index (χ0n) is 14.3. The Morgan fingerprint density at radius 2 is 1.95 bits per heavy atom. The zero-order chi connectivity index (χ0) is 16.1. The normalized spacial score (nSPS) is 23.5. The number of hydrogen-bond acceptors (Lipinski definition) is 5. The van der Waals surface area contributed by atoms with E-state index in [0.29, 0.717) is 11.5 Å². The van der Waals surface area contributed by atoms with Crippen molar-refractivity contribution in [2.45, 2.75) is 53.4 Å². The van der Waals surface area contributed by atoms with Crippen molar-refractivity contribution >= 4 is 23.7 Å². The number of rotatable bonds is 3. The van der Waals surface area contributed by atoms with Crippen LogP contribution in [-0.4, -0.2) is 29.3 Å². The molecule has 0 spiro atoms. The molecule has 22 heavy (non-hydrogen) atoms. The van der Waals surface area contributed by atoms with Gasteiger partial charge in [0.2, 0.25) is 5.95 Å². The third-order valence-electron chi connectivity index (χ3n) is 4.67. The molecule has 1 fully saturated rings. The van der Waals surface area contributed by atoms with Gasteiger partial charge in [-0.1, -0.05) is 20.8 Å². The Kier molecular flexibility index (Phi) is 5.75. The maximum atomic E-state index is 6.10. The molecule has 0 amide bonds. The Morgan fingerprint density at radius 3 is 2.64 bits per heavy atom. The van der Waals surface area contributed by atoms with Gasteiger partial charge in [-0.15, -0.1) is 0 Å². The first-order valence-corrected chi connectivity index (χ1v) is 8.44. The van der Waals surface area contributed by atoms with Gasteiger partial charge in [0, 0.05) is 19.3 Å². The third-order valence-corrected chi connectivity index (χ3v) is 4.67. The van der Waals surface area contributed by atoms with E-state index in [1.165, 1.54) is 19.3 Å². The lowest BCUT2D eigenvalue weighted by atomic mass is 9.87. The highest BCUT2D eigenvalue weighted by atomic mass is 15.3. The summed E-state index contributed by atoms with van der Waals surface area (Å²) >= 11 is 0. The molecule has 1 aliphatic rings. The van der Waals surface area contributed by atoms with Gasteiger partial charge in [0.25, 0.3) is 0 Å². The highest BCUT2D eigenvalue weighted by Gasteiger charge is 2.20. The van der Waals surface area contributed by atoms with Crippen LogP contribution in [0.5, 0.6) is 0 Å². The van der Waals surface area contributed by atoms with E-state index >= 15 is 0 Å². The first-order chi connectivity index (χ1) is 10.5. The number of nitrogen functional groups attached to an aromatic ring is 1. The molecule has 1 aliphatic heterocycles. The fourth-order valence-electron chi connectivity index (χ4n) is 2.90. The highest BCUT2D eigenvalue weighted by molar-refractivity contribution is 5.70. The molecule has 122 valence electrons. The lowest BCUT2D eigenvalue weighted by Crippen LogP contribution is -2.32. The second-order valence-electron chi connectivity index (χ2n) is 6.44. The summed E-state index contributed by atoms with van der Waals surface area (Å²) in [6, 6.07) is 0.